The first kappa shape index (κ1) is 16.5. The van der Waals surface area contributed by atoms with Crippen LogP contribution in [0.25, 0.3) is 11.0 Å². The van der Waals surface area contributed by atoms with Gasteiger partial charge in [0.15, 0.2) is 0 Å². The van der Waals surface area contributed by atoms with Gasteiger partial charge in [0, 0.05) is 17.4 Å². The Labute approximate surface area is 141 Å². The standard InChI is InChI=1S/C18H23N3O3/c1-6-16-20-21-18(24-16)12(4)19-11(3)17-10(2)14-9-13(22-5)7-8-15(14)23-17/h7-9,11-12,19H,6H2,1-5H3. The van der Waals surface area contributed by atoms with Gasteiger partial charge >= 0.3 is 0 Å². The molecule has 128 valence electrons. The Bertz CT molecular complexity index is 837. The van der Waals surface area contributed by atoms with Crippen LogP contribution in [0.1, 0.15) is 56.0 Å². The van der Waals surface area contributed by atoms with Crippen LogP contribution in [0.5, 0.6) is 5.75 Å². The Balaban J connectivity index is 1.82. The summed E-state index contributed by atoms with van der Waals surface area (Å²) in [6.07, 6.45) is 0.736. The Kier molecular flexibility index (Phi) is 4.57. The third-order valence-corrected chi connectivity index (χ3v) is 4.23. The maximum Gasteiger partial charge on any atom is 0.233 e. The molecule has 6 nitrogen and oxygen atoms in total. The van der Waals surface area contributed by atoms with E-state index in [4.69, 9.17) is 13.6 Å². The highest BCUT2D eigenvalue weighted by Crippen LogP contribution is 2.32. The van der Waals surface area contributed by atoms with E-state index in [9.17, 15) is 0 Å². The number of hydrogen-bond acceptors (Lipinski definition) is 6. The molecular formula is C18H23N3O3. The number of nitrogens with zero attached hydrogens (tertiary/aromatic N) is 2. The van der Waals surface area contributed by atoms with Crippen LogP contribution in [0, 0.1) is 6.92 Å². The Morgan fingerprint density at radius 3 is 2.62 bits per heavy atom. The molecule has 2 atom stereocenters. The highest BCUT2D eigenvalue weighted by Gasteiger charge is 2.21. The molecule has 1 aromatic carbocycles. The molecule has 1 N–H and O–H groups in total. The van der Waals surface area contributed by atoms with E-state index in [1.165, 1.54) is 0 Å². The van der Waals surface area contributed by atoms with Crippen molar-refractivity contribution in [3.63, 3.8) is 0 Å². The van der Waals surface area contributed by atoms with Crippen LogP contribution >= 0.6 is 0 Å². The lowest BCUT2D eigenvalue weighted by atomic mass is 10.1. The van der Waals surface area contributed by atoms with Gasteiger partial charge in [-0.15, -0.1) is 10.2 Å². The predicted octanol–water partition coefficient (Wildman–Crippen LogP) is 4.11. The van der Waals surface area contributed by atoms with E-state index < -0.39 is 0 Å². The zero-order chi connectivity index (χ0) is 17.3. The minimum Gasteiger partial charge on any atom is -0.497 e. The molecule has 0 aliphatic rings. The van der Waals surface area contributed by atoms with E-state index in [2.05, 4.69) is 29.4 Å². The molecule has 0 fully saturated rings. The lowest BCUT2D eigenvalue weighted by Crippen LogP contribution is -2.23. The summed E-state index contributed by atoms with van der Waals surface area (Å²) in [4.78, 5) is 0. The van der Waals surface area contributed by atoms with E-state index in [0.717, 1.165) is 34.5 Å². The maximum atomic E-state index is 6.04. The van der Waals surface area contributed by atoms with Crippen LogP contribution in [0.3, 0.4) is 0 Å². The van der Waals surface area contributed by atoms with E-state index in [1.807, 2.05) is 32.0 Å². The van der Waals surface area contributed by atoms with Crippen LogP contribution in [0.4, 0.5) is 0 Å². The fraction of sp³-hybridized carbons (Fsp3) is 0.444. The zero-order valence-corrected chi connectivity index (χ0v) is 14.7. The number of furan rings is 1. The van der Waals surface area contributed by atoms with Crippen molar-refractivity contribution in [2.24, 2.45) is 0 Å². The number of aryl methyl sites for hydroxylation is 2. The highest BCUT2D eigenvalue weighted by atomic mass is 16.5. The Morgan fingerprint density at radius 2 is 1.96 bits per heavy atom. The normalized spacial score (nSPS) is 14.0. The molecule has 0 radical (unpaired) electrons. The highest BCUT2D eigenvalue weighted by molar-refractivity contribution is 5.83. The largest absolute Gasteiger partial charge is 0.497 e. The summed E-state index contributed by atoms with van der Waals surface area (Å²) in [6, 6.07) is 5.79. The van der Waals surface area contributed by atoms with Gasteiger partial charge in [-0.25, -0.2) is 0 Å². The van der Waals surface area contributed by atoms with Crippen LogP contribution in [-0.4, -0.2) is 17.3 Å². The number of ether oxygens (including phenoxy) is 1. The summed E-state index contributed by atoms with van der Waals surface area (Å²) in [6.45, 7) is 8.12. The van der Waals surface area contributed by atoms with Gasteiger partial charge in [0.1, 0.15) is 17.1 Å². The van der Waals surface area contributed by atoms with Gasteiger partial charge in [-0.1, -0.05) is 6.92 Å². The minimum absolute atomic E-state index is 0.00960. The fourth-order valence-corrected chi connectivity index (χ4v) is 2.87. The number of methoxy groups -OCH3 is 1. The third-order valence-electron chi connectivity index (χ3n) is 4.23. The molecule has 0 aliphatic carbocycles. The van der Waals surface area contributed by atoms with E-state index >= 15 is 0 Å². The first-order valence-corrected chi connectivity index (χ1v) is 8.18. The van der Waals surface area contributed by atoms with Crippen LogP contribution < -0.4 is 10.1 Å². The Morgan fingerprint density at radius 1 is 1.17 bits per heavy atom. The second-order valence-corrected chi connectivity index (χ2v) is 5.95. The van der Waals surface area contributed by atoms with Gasteiger partial charge in [-0.3, -0.25) is 5.32 Å². The van der Waals surface area contributed by atoms with Crippen molar-refractivity contribution in [2.45, 2.75) is 46.2 Å². The van der Waals surface area contributed by atoms with E-state index in [0.29, 0.717) is 11.8 Å². The summed E-state index contributed by atoms with van der Waals surface area (Å²) in [7, 11) is 1.66. The second kappa shape index (κ2) is 6.65. The van der Waals surface area contributed by atoms with Gasteiger partial charge < -0.3 is 13.6 Å². The molecule has 3 rings (SSSR count). The molecule has 0 spiro atoms. The average Bonchev–Trinajstić information content (AvgIpc) is 3.19. The smallest absolute Gasteiger partial charge is 0.233 e. The van der Waals surface area contributed by atoms with Gasteiger partial charge in [-0.2, -0.15) is 0 Å². The second-order valence-electron chi connectivity index (χ2n) is 5.95. The van der Waals surface area contributed by atoms with Gasteiger partial charge in [0.25, 0.3) is 0 Å². The van der Waals surface area contributed by atoms with Gasteiger partial charge in [-0.05, 0) is 39.0 Å². The number of aromatic nitrogens is 2. The van der Waals surface area contributed by atoms with Crippen molar-refractivity contribution < 1.29 is 13.6 Å². The molecule has 24 heavy (non-hydrogen) atoms. The number of rotatable bonds is 6. The predicted molar refractivity (Wildman–Crippen MR) is 91.1 cm³/mol. The molecule has 3 aromatic rings. The van der Waals surface area contributed by atoms with Gasteiger partial charge in [0.05, 0.1) is 19.2 Å². The lowest BCUT2D eigenvalue weighted by molar-refractivity contribution is 0.353. The van der Waals surface area contributed by atoms with Crippen molar-refractivity contribution in [2.75, 3.05) is 7.11 Å². The van der Waals surface area contributed by atoms with Crippen molar-refractivity contribution in [3.8, 4) is 5.75 Å². The molecule has 0 saturated heterocycles. The zero-order valence-electron chi connectivity index (χ0n) is 14.7. The average molecular weight is 329 g/mol. The molecule has 0 bridgehead atoms. The van der Waals surface area contributed by atoms with Crippen LogP contribution in [0.2, 0.25) is 0 Å². The quantitative estimate of drug-likeness (QED) is 0.734. The molecule has 2 aromatic heterocycles. The van der Waals surface area contributed by atoms with E-state index in [-0.39, 0.29) is 12.1 Å². The molecule has 0 saturated carbocycles. The maximum absolute atomic E-state index is 6.04. The summed E-state index contributed by atoms with van der Waals surface area (Å²) < 4.78 is 17.0. The van der Waals surface area contributed by atoms with Crippen molar-refractivity contribution in [1.29, 1.82) is 0 Å². The monoisotopic (exact) mass is 329 g/mol. The van der Waals surface area contributed by atoms with Crippen molar-refractivity contribution >= 4 is 11.0 Å². The molecule has 0 aliphatic heterocycles. The lowest BCUT2D eigenvalue weighted by Gasteiger charge is -2.16. The number of fused-ring (bicyclic) bond motifs is 1. The first-order chi connectivity index (χ1) is 11.5. The van der Waals surface area contributed by atoms with Gasteiger partial charge in [0.2, 0.25) is 11.8 Å². The number of nitrogens with one attached hydrogen (secondary N) is 1. The molecule has 0 amide bonds. The molecular weight excluding hydrogens is 306 g/mol. The SMILES string of the molecule is CCc1nnc(C(C)NC(C)c2oc3ccc(OC)cc3c2C)o1. The molecule has 2 unspecified atom stereocenters. The number of benzene rings is 1. The third kappa shape index (κ3) is 3.01. The van der Waals surface area contributed by atoms with Crippen LogP contribution in [-0.2, 0) is 6.42 Å². The van der Waals surface area contributed by atoms with Crippen molar-refractivity contribution in [1.82, 2.24) is 15.5 Å². The molecule has 6 heteroatoms. The first-order valence-electron chi connectivity index (χ1n) is 8.18. The van der Waals surface area contributed by atoms with Crippen LogP contribution in [0.15, 0.2) is 27.0 Å². The van der Waals surface area contributed by atoms with E-state index in [1.54, 1.807) is 7.11 Å². The topological polar surface area (TPSA) is 73.3 Å². The summed E-state index contributed by atoms with van der Waals surface area (Å²) >= 11 is 0. The summed E-state index contributed by atoms with van der Waals surface area (Å²) in [5, 5.41) is 12.6. The Hall–Kier alpha value is -2.34. The molecule has 2 heterocycles. The number of hydrogen-bond donors (Lipinski definition) is 1. The van der Waals surface area contributed by atoms with Crippen molar-refractivity contribution in [3.05, 3.63) is 41.3 Å². The fourth-order valence-electron chi connectivity index (χ4n) is 2.87. The minimum atomic E-state index is -0.0602. The summed E-state index contributed by atoms with van der Waals surface area (Å²) in [5.74, 6) is 2.97. The summed E-state index contributed by atoms with van der Waals surface area (Å²) in [5.41, 5.74) is 1.96.